The molecule has 0 fully saturated rings. The zero-order valence-electron chi connectivity index (χ0n) is 15.2. The molecular formula is C21H12ClN3O5. The highest BCUT2D eigenvalue weighted by molar-refractivity contribution is 6.32. The predicted octanol–water partition coefficient (Wildman–Crippen LogP) is 6.01. The van der Waals surface area contributed by atoms with E-state index < -0.39 is 21.2 Å². The molecule has 0 heterocycles. The Morgan fingerprint density at radius 1 is 1.00 bits per heavy atom. The normalized spacial score (nSPS) is 10.9. The van der Waals surface area contributed by atoms with Crippen molar-refractivity contribution in [1.29, 1.82) is 5.26 Å². The molecule has 0 aromatic heterocycles. The SMILES string of the molecule is N#CC(=Cc1ccc(Oc2ccc([N+](=O)[O-])cc2[N+](=O)[O-])cc1)c1ccccc1Cl. The van der Waals surface area contributed by atoms with Crippen molar-refractivity contribution in [2.75, 3.05) is 0 Å². The number of hydrogen-bond acceptors (Lipinski definition) is 6. The molecule has 0 aliphatic heterocycles. The monoisotopic (exact) mass is 421 g/mol. The zero-order chi connectivity index (χ0) is 21.7. The molecule has 0 spiro atoms. The molecule has 0 N–H and O–H groups in total. The van der Waals surface area contributed by atoms with Crippen LogP contribution in [0.1, 0.15) is 11.1 Å². The van der Waals surface area contributed by atoms with Crippen LogP contribution in [0.4, 0.5) is 11.4 Å². The second kappa shape index (κ2) is 8.86. The number of nitrogens with zero attached hydrogens (tertiary/aromatic N) is 3. The van der Waals surface area contributed by atoms with Gasteiger partial charge in [-0.1, -0.05) is 41.9 Å². The van der Waals surface area contributed by atoms with Crippen molar-refractivity contribution >= 4 is 34.6 Å². The van der Waals surface area contributed by atoms with E-state index in [0.717, 1.165) is 12.1 Å². The topological polar surface area (TPSA) is 119 Å². The zero-order valence-corrected chi connectivity index (χ0v) is 15.9. The van der Waals surface area contributed by atoms with Crippen LogP contribution in [-0.4, -0.2) is 9.85 Å². The summed E-state index contributed by atoms with van der Waals surface area (Å²) in [5.74, 6) is 0.169. The van der Waals surface area contributed by atoms with Crippen molar-refractivity contribution in [3.63, 3.8) is 0 Å². The van der Waals surface area contributed by atoms with Crippen molar-refractivity contribution < 1.29 is 14.6 Å². The Labute approximate surface area is 175 Å². The molecule has 0 saturated heterocycles. The fourth-order valence-corrected chi connectivity index (χ4v) is 2.86. The average molecular weight is 422 g/mol. The van der Waals surface area contributed by atoms with Gasteiger partial charge in [-0.2, -0.15) is 5.26 Å². The largest absolute Gasteiger partial charge is 0.450 e. The van der Waals surface area contributed by atoms with Crippen molar-refractivity contribution in [1.82, 2.24) is 0 Å². The van der Waals surface area contributed by atoms with Gasteiger partial charge in [-0.3, -0.25) is 20.2 Å². The number of ether oxygens (including phenoxy) is 1. The fraction of sp³-hybridized carbons (Fsp3) is 0. The smallest absolute Gasteiger partial charge is 0.318 e. The first-order chi connectivity index (χ1) is 14.4. The van der Waals surface area contributed by atoms with Gasteiger partial charge in [0.05, 0.1) is 27.6 Å². The minimum atomic E-state index is -0.748. The van der Waals surface area contributed by atoms with Crippen LogP contribution in [0.5, 0.6) is 11.5 Å². The summed E-state index contributed by atoms with van der Waals surface area (Å²) < 4.78 is 5.52. The summed E-state index contributed by atoms with van der Waals surface area (Å²) in [4.78, 5) is 20.6. The van der Waals surface area contributed by atoms with Gasteiger partial charge in [-0.25, -0.2) is 0 Å². The third kappa shape index (κ3) is 4.60. The molecule has 0 bridgehead atoms. The van der Waals surface area contributed by atoms with E-state index in [1.807, 2.05) is 0 Å². The number of nitro benzene ring substituents is 2. The molecule has 0 amide bonds. The number of rotatable bonds is 6. The van der Waals surface area contributed by atoms with Gasteiger partial charge in [0.2, 0.25) is 5.75 Å². The van der Waals surface area contributed by atoms with Gasteiger partial charge < -0.3 is 4.74 Å². The lowest BCUT2D eigenvalue weighted by molar-refractivity contribution is -0.394. The van der Waals surface area contributed by atoms with Gasteiger partial charge in [0, 0.05) is 16.7 Å². The van der Waals surface area contributed by atoms with Gasteiger partial charge in [-0.15, -0.1) is 0 Å². The number of halogens is 1. The lowest BCUT2D eigenvalue weighted by Crippen LogP contribution is -1.96. The molecule has 9 heteroatoms. The molecule has 0 radical (unpaired) electrons. The molecule has 0 saturated carbocycles. The van der Waals surface area contributed by atoms with E-state index in [9.17, 15) is 25.5 Å². The van der Waals surface area contributed by atoms with Crippen LogP contribution in [0.15, 0.2) is 66.7 Å². The van der Waals surface area contributed by atoms with Gasteiger partial charge >= 0.3 is 5.69 Å². The van der Waals surface area contributed by atoms with E-state index in [2.05, 4.69) is 6.07 Å². The first-order valence-corrected chi connectivity index (χ1v) is 8.84. The first kappa shape index (κ1) is 20.5. The highest BCUT2D eigenvalue weighted by Crippen LogP contribution is 2.34. The summed E-state index contributed by atoms with van der Waals surface area (Å²) in [5, 5.41) is 31.9. The molecule has 30 heavy (non-hydrogen) atoms. The van der Waals surface area contributed by atoms with E-state index in [0.29, 0.717) is 27.5 Å². The standard InChI is InChI=1S/C21H12ClN3O5/c22-19-4-2-1-3-18(19)15(13-23)11-14-5-8-17(9-6-14)30-21-10-7-16(24(26)27)12-20(21)25(28)29/h1-12H. The van der Waals surface area contributed by atoms with Crippen molar-refractivity contribution in [3.8, 4) is 17.6 Å². The quantitative estimate of drug-likeness (QED) is 0.208. The Bertz CT molecular complexity index is 1200. The lowest BCUT2D eigenvalue weighted by atomic mass is 10.0. The second-order valence-electron chi connectivity index (χ2n) is 5.99. The summed E-state index contributed by atoms with van der Waals surface area (Å²) in [6, 6.07) is 18.7. The predicted molar refractivity (Wildman–Crippen MR) is 111 cm³/mol. The Balaban J connectivity index is 1.87. The third-order valence-electron chi connectivity index (χ3n) is 4.05. The van der Waals surface area contributed by atoms with Crippen LogP contribution in [0.2, 0.25) is 5.02 Å². The van der Waals surface area contributed by atoms with Gasteiger partial charge in [0.25, 0.3) is 5.69 Å². The van der Waals surface area contributed by atoms with Crippen LogP contribution in [-0.2, 0) is 0 Å². The highest BCUT2D eigenvalue weighted by Gasteiger charge is 2.21. The number of benzene rings is 3. The second-order valence-corrected chi connectivity index (χ2v) is 6.39. The van der Waals surface area contributed by atoms with Gasteiger partial charge in [-0.05, 0) is 35.9 Å². The molecular weight excluding hydrogens is 410 g/mol. The molecule has 148 valence electrons. The minimum absolute atomic E-state index is 0.123. The Morgan fingerprint density at radius 3 is 2.30 bits per heavy atom. The molecule has 0 aliphatic rings. The Hall–Kier alpha value is -4.22. The third-order valence-corrected chi connectivity index (χ3v) is 4.38. The summed E-state index contributed by atoms with van der Waals surface area (Å²) in [6.45, 7) is 0. The van der Waals surface area contributed by atoms with Crippen LogP contribution >= 0.6 is 11.6 Å². The van der Waals surface area contributed by atoms with E-state index in [-0.39, 0.29) is 5.75 Å². The Kier molecular flexibility index (Phi) is 6.05. The summed E-state index contributed by atoms with van der Waals surface area (Å²) in [5.41, 5.74) is 0.748. The molecule has 8 nitrogen and oxygen atoms in total. The van der Waals surface area contributed by atoms with Crippen LogP contribution in [0.3, 0.4) is 0 Å². The van der Waals surface area contributed by atoms with E-state index in [4.69, 9.17) is 16.3 Å². The summed E-state index contributed by atoms with van der Waals surface area (Å²) in [6.07, 6.45) is 1.65. The molecule has 0 aliphatic carbocycles. The highest BCUT2D eigenvalue weighted by atomic mass is 35.5. The minimum Gasteiger partial charge on any atom is -0.450 e. The molecule has 0 unspecified atom stereocenters. The van der Waals surface area contributed by atoms with E-state index in [1.165, 1.54) is 6.07 Å². The van der Waals surface area contributed by atoms with Gasteiger partial charge in [0.1, 0.15) is 5.75 Å². The fourth-order valence-electron chi connectivity index (χ4n) is 2.62. The van der Waals surface area contributed by atoms with Crippen molar-refractivity contribution in [2.24, 2.45) is 0 Å². The summed E-state index contributed by atoms with van der Waals surface area (Å²) in [7, 11) is 0. The molecule has 3 aromatic rings. The van der Waals surface area contributed by atoms with Crippen molar-refractivity contribution in [3.05, 3.63) is 103 Å². The van der Waals surface area contributed by atoms with Crippen LogP contribution in [0.25, 0.3) is 11.6 Å². The van der Waals surface area contributed by atoms with Crippen molar-refractivity contribution in [2.45, 2.75) is 0 Å². The summed E-state index contributed by atoms with van der Waals surface area (Å²) >= 11 is 6.14. The van der Waals surface area contributed by atoms with Crippen LogP contribution in [0, 0.1) is 31.6 Å². The average Bonchev–Trinajstić information content (AvgIpc) is 2.73. The maximum atomic E-state index is 11.2. The van der Waals surface area contributed by atoms with E-state index >= 15 is 0 Å². The number of non-ortho nitro benzene ring substituents is 1. The lowest BCUT2D eigenvalue weighted by Gasteiger charge is -2.07. The number of allylic oxidation sites excluding steroid dienone is 1. The molecule has 0 atom stereocenters. The number of hydrogen-bond donors (Lipinski definition) is 0. The number of nitro groups is 2. The van der Waals surface area contributed by atoms with E-state index in [1.54, 1.807) is 54.6 Å². The number of nitriles is 1. The Morgan fingerprint density at radius 2 is 1.70 bits per heavy atom. The van der Waals surface area contributed by atoms with Gasteiger partial charge in [0.15, 0.2) is 0 Å². The first-order valence-electron chi connectivity index (χ1n) is 8.46. The maximum Gasteiger partial charge on any atom is 0.318 e. The molecule has 3 rings (SSSR count). The molecule has 3 aromatic carbocycles. The maximum absolute atomic E-state index is 11.2. The van der Waals surface area contributed by atoms with Crippen LogP contribution < -0.4 is 4.74 Å².